The van der Waals surface area contributed by atoms with Gasteiger partial charge in [0.15, 0.2) is 0 Å². The number of sulfonamides is 1. The first-order valence-corrected chi connectivity index (χ1v) is 13.2. The van der Waals surface area contributed by atoms with Gasteiger partial charge in [0.2, 0.25) is 21.8 Å². The largest absolute Gasteiger partial charge is 0.326 e. The second-order valence-electron chi connectivity index (χ2n) is 8.24. The Labute approximate surface area is 197 Å². The molecule has 7 nitrogen and oxygen atoms in total. The average molecular weight is 520 g/mol. The van der Waals surface area contributed by atoms with Crippen LogP contribution in [-0.4, -0.2) is 44.2 Å². The number of hydrogen-bond acceptors (Lipinski definition) is 4. The van der Waals surface area contributed by atoms with Crippen LogP contribution in [0.1, 0.15) is 31.2 Å². The number of nitrogens with one attached hydrogen (secondary N) is 1. The molecule has 2 aromatic rings. The first-order chi connectivity index (χ1) is 15.3. The number of piperidine rings is 1. The van der Waals surface area contributed by atoms with Gasteiger partial charge in [-0.05, 0) is 61.2 Å². The van der Waals surface area contributed by atoms with E-state index in [0.29, 0.717) is 38.0 Å². The summed E-state index contributed by atoms with van der Waals surface area (Å²) in [6, 6.07) is 14.5. The van der Waals surface area contributed by atoms with E-state index in [1.807, 2.05) is 24.3 Å². The number of carbonyl (C=O) groups is 2. The minimum absolute atomic E-state index is 0.0387. The standard InChI is InChI=1S/C23H26BrN3O4S/c24-19-5-3-17(4-6-19)16-32(30,31)26-14-11-18(12-15-26)23(29)25-20-7-9-21(10-8-20)27-13-1-2-22(27)28/h3-10,18H,1-2,11-16H2,(H,25,29). The molecule has 2 aromatic carbocycles. The molecule has 32 heavy (non-hydrogen) atoms. The van der Waals surface area contributed by atoms with Crippen molar-refractivity contribution in [1.82, 2.24) is 4.31 Å². The quantitative estimate of drug-likeness (QED) is 0.629. The molecule has 0 aliphatic carbocycles. The molecule has 0 atom stereocenters. The third-order valence-corrected chi connectivity index (χ3v) is 8.38. The molecule has 4 rings (SSSR count). The van der Waals surface area contributed by atoms with Gasteiger partial charge in [0.05, 0.1) is 5.75 Å². The van der Waals surface area contributed by atoms with E-state index in [-0.39, 0.29) is 23.5 Å². The molecule has 0 spiro atoms. The van der Waals surface area contributed by atoms with Gasteiger partial charge in [-0.2, -0.15) is 0 Å². The molecule has 0 radical (unpaired) electrons. The van der Waals surface area contributed by atoms with Crippen molar-refractivity contribution in [2.45, 2.75) is 31.4 Å². The Bertz CT molecular complexity index is 1080. The van der Waals surface area contributed by atoms with E-state index in [9.17, 15) is 18.0 Å². The molecule has 2 amide bonds. The molecule has 0 saturated carbocycles. The topological polar surface area (TPSA) is 86.8 Å². The maximum absolute atomic E-state index is 12.8. The van der Waals surface area contributed by atoms with Crippen molar-refractivity contribution in [3.8, 4) is 0 Å². The van der Waals surface area contributed by atoms with Crippen LogP contribution in [0.2, 0.25) is 0 Å². The molecule has 0 bridgehead atoms. The summed E-state index contributed by atoms with van der Waals surface area (Å²) in [5.41, 5.74) is 2.26. The zero-order chi connectivity index (χ0) is 22.7. The molecule has 2 saturated heterocycles. The average Bonchev–Trinajstić information content (AvgIpc) is 3.22. The van der Waals surface area contributed by atoms with Gasteiger partial charge in [-0.1, -0.05) is 28.1 Å². The summed E-state index contributed by atoms with van der Waals surface area (Å²) in [5.74, 6) is -0.235. The summed E-state index contributed by atoms with van der Waals surface area (Å²) in [6.45, 7) is 1.41. The van der Waals surface area contributed by atoms with Gasteiger partial charge in [0.25, 0.3) is 0 Å². The summed E-state index contributed by atoms with van der Waals surface area (Å²) < 4.78 is 27.9. The number of halogens is 1. The van der Waals surface area contributed by atoms with E-state index in [4.69, 9.17) is 0 Å². The Hall–Kier alpha value is -2.23. The molecule has 0 aromatic heterocycles. The van der Waals surface area contributed by atoms with Gasteiger partial charge in [-0.25, -0.2) is 12.7 Å². The Morgan fingerprint density at radius 3 is 2.25 bits per heavy atom. The molecule has 1 N–H and O–H groups in total. The number of rotatable bonds is 6. The smallest absolute Gasteiger partial charge is 0.227 e. The predicted octanol–water partition coefficient (Wildman–Crippen LogP) is 3.76. The first kappa shape index (κ1) is 22.9. The summed E-state index contributed by atoms with van der Waals surface area (Å²) in [6.07, 6.45) is 2.43. The van der Waals surface area contributed by atoms with Crippen LogP contribution in [-0.2, 0) is 25.4 Å². The van der Waals surface area contributed by atoms with E-state index < -0.39 is 10.0 Å². The van der Waals surface area contributed by atoms with Crippen molar-refractivity contribution in [3.63, 3.8) is 0 Å². The lowest BCUT2D eigenvalue weighted by molar-refractivity contribution is -0.121. The van der Waals surface area contributed by atoms with Crippen LogP contribution in [0.5, 0.6) is 0 Å². The van der Waals surface area contributed by atoms with E-state index in [0.717, 1.165) is 28.7 Å². The molecular weight excluding hydrogens is 494 g/mol. The third-order valence-electron chi connectivity index (χ3n) is 6.00. The SMILES string of the molecule is O=C(Nc1ccc(N2CCCC2=O)cc1)C1CCN(S(=O)(=O)Cc2ccc(Br)cc2)CC1. The molecule has 170 valence electrons. The summed E-state index contributed by atoms with van der Waals surface area (Å²) in [4.78, 5) is 26.3. The maximum atomic E-state index is 12.8. The van der Waals surface area contributed by atoms with Crippen molar-refractivity contribution in [3.05, 3.63) is 58.6 Å². The molecule has 2 aliphatic rings. The second kappa shape index (κ2) is 9.72. The van der Waals surface area contributed by atoms with Crippen LogP contribution in [0.3, 0.4) is 0 Å². The highest BCUT2D eigenvalue weighted by molar-refractivity contribution is 9.10. The van der Waals surface area contributed by atoms with Gasteiger partial charge in [0.1, 0.15) is 0 Å². The van der Waals surface area contributed by atoms with E-state index in [1.165, 1.54) is 4.31 Å². The van der Waals surface area contributed by atoms with Crippen molar-refractivity contribution in [1.29, 1.82) is 0 Å². The monoisotopic (exact) mass is 519 g/mol. The minimum Gasteiger partial charge on any atom is -0.326 e. The van der Waals surface area contributed by atoms with Crippen molar-refractivity contribution in [2.24, 2.45) is 5.92 Å². The summed E-state index contributed by atoms with van der Waals surface area (Å²) >= 11 is 3.35. The first-order valence-electron chi connectivity index (χ1n) is 10.8. The van der Waals surface area contributed by atoms with Gasteiger partial charge < -0.3 is 10.2 Å². The van der Waals surface area contributed by atoms with Crippen LogP contribution in [0.15, 0.2) is 53.0 Å². The molecule has 2 aliphatic heterocycles. The lowest BCUT2D eigenvalue weighted by atomic mass is 9.97. The highest BCUT2D eigenvalue weighted by atomic mass is 79.9. The minimum atomic E-state index is -3.42. The van der Waals surface area contributed by atoms with Gasteiger partial charge in [-0.3, -0.25) is 9.59 Å². The summed E-state index contributed by atoms with van der Waals surface area (Å²) in [7, 11) is -3.42. The Kier molecular flexibility index (Phi) is 6.97. The molecule has 2 heterocycles. The van der Waals surface area contributed by atoms with Crippen LogP contribution >= 0.6 is 15.9 Å². The molecule has 9 heteroatoms. The number of carbonyl (C=O) groups excluding carboxylic acids is 2. The fourth-order valence-corrected chi connectivity index (χ4v) is 6.00. The number of benzene rings is 2. The summed E-state index contributed by atoms with van der Waals surface area (Å²) in [5, 5.41) is 2.92. The fourth-order valence-electron chi connectivity index (χ4n) is 4.17. The second-order valence-corrected chi connectivity index (χ2v) is 11.1. The lowest BCUT2D eigenvalue weighted by Gasteiger charge is -2.30. The normalized spacial score (nSPS) is 18.2. The number of nitrogens with zero attached hydrogens (tertiary/aromatic N) is 2. The maximum Gasteiger partial charge on any atom is 0.227 e. The zero-order valence-electron chi connectivity index (χ0n) is 17.7. The van der Waals surface area contributed by atoms with E-state index in [2.05, 4.69) is 21.2 Å². The number of hydrogen-bond donors (Lipinski definition) is 1. The molecule has 0 unspecified atom stereocenters. The predicted molar refractivity (Wildman–Crippen MR) is 128 cm³/mol. The van der Waals surface area contributed by atoms with Crippen molar-refractivity contribution >= 4 is 49.1 Å². The van der Waals surface area contributed by atoms with Crippen LogP contribution in [0, 0.1) is 5.92 Å². The van der Waals surface area contributed by atoms with Crippen molar-refractivity contribution in [2.75, 3.05) is 29.9 Å². The Morgan fingerprint density at radius 1 is 1.00 bits per heavy atom. The number of anilines is 2. The van der Waals surface area contributed by atoms with Crippen LogP contribution in [0.25, 0.3) is 0 Å². The van der Waals surface area contributed by atoms with Gasteiger partial charge >= 0.3 is 0 Å². The Balaban J connectivity index is 1.29. The van der Waals surface area contributed by atoms with Gasteiger partial charge in [-0.15, -0.1) is 0 Å². The number of amides is 2. The van der Waals surface area contributed by atoms with Crippen LogP contribution < -0.4 is 10.2 Å². The lowest BCUT2D eigenvalue weighted by Crippen LogP contribution is -2.41. The highest BCUT2D eigenvalue weighted by Crippen LogP contribution is 2.26. The third kappa shape index (κ3) is 5.39. The van der Waals surface area contributed by atoms with Crippen molar-refractivity contribution < 1.29 is 18.0 Å². The molecule has 2 fully saturated rings. The fraction of sp³-hybridized carbons (Fsp3) is 0.391. The van der Waals surface area contributed by atoms with Gasteiger partial charge in [0, 0.05) is 47.8 Å². The van der Waals surface area contributed by atoms with Crippen LogP contribution in [0.4, 0.5) is 11.4 Å². The highest BCUT2D eigenvalue weighted by Gasteiger charge is 2.31. The van der Waals surface area contributed by atoms with E-state index >= 15 is 0 Å². The molecular formula is C23H26BrN3O4S. The zero-order valence-corrected chi connectivity index (χ0v) is 20.1. The Morgan fingerprint density at radius 2 is 1.66 bits per heavy atom. The van der Waals surface area contributed by atoms with E-state index in [1.54, 1.807) is 29.2 Å².